The molecule has 2 N–H and O–H groups in total. The second kappa shape index (κ2) is 3.51. The average Bonchev–Trinajstić information content (AvgIpc) is 2.91. The molecule has 1 saturated carbocycles. The van der Waals surface area contributed by atoms with Crippen molar-refractivity contribution in [3.63, 3.8) is 0 Å². The van der Waals surface area contributed by atoms with Gasteiger partial charge in [0.15, 0.2) is 0 Å². The van der Waals surface area contributed by atoms with E-state index in [1.165, 1.54) is 0 Å². The summed E-state index contributed by atoms with van der Waals surface area (Å²) in [6.07, 6.45) is 2.61. The number of nitrogens with zero attached hydrogens (tertiary/aromatic N) is 1. The first-order valence-electron chi connectivity index (χ1n) is 5.31. The van der Waals surface area contributed by atoms with E-state index in [9.17, 15) is 4.79 Å². The summed E-state index contributed by atoms with van der Waals surface area (Å²) in [5.74, 6) is 0.121. The molecule has 0 radical (unpaired) electrons. The molecule has 0 aromatic heterocycles. The molecule has 1 amide bonds. The molecule has 2 rings (SSSR count). The van der Waals surface area contributed by atoms with Crippen LogP contribution in [0.25, 0.3) is 0 Å². The summed E-state index contributed by atoms with van der Waals surface area (Å²) in [5.41, 5.74) is 5.37. The van der Waals surface area contributed by atoms with Crippen molar-refractivity contribution in [1.29, 1.82) is 0 Å². The third-order valence-corrected chi connectivity index (χ3v) is 3.05. The summed E-state index contributed by atoms with van der Waals surface area (Å²) in [4.78, 5) is 13.9. The van der Waals surface area contributed by atoms with Gasteiger partial charge in [0.25, 0.3) is 0 Å². The van der Waals surface area contributed by atoms with Crippen LogP contribution in [0.4, 0.5) is 0 Å². The highest BCUT2D eigenvalue weighted by atomic mass is 16.5. The van der Waals surface area contributed by atoms with E-state index in [-0.39, 0.29) is 11.9 Å². The molecule has 4 heteroatoms. The Kier molecular flexibility index (Phi) is 2.49. The molecule has 1 aliphatic carbocycles. The van der Waals surface area contributed by atoms with Gasteiger partial charge in [-0.2, -0.15) is 0 Å². The summed E-state index contributed by atoms with van der Waals surface area (Å²) in [7, 11) is 0. The standard InChI is InChI=1S/C10H18N2O2/c1-8-7-14-6-2-5-12(8)9(13)10(11)3-4-10/h8H,2-7,11H2,1H3. The van der Waals surface area contributed by atoms with Crippen LogP contribution in [0.2, 0.25) is 0 Å². The van der Waals surface area contributed by atoms with Crippen molar-refractivity contribution in [2.24, 2.45) is 5.73 Å². The fourth-order valence-electron chi connectivity index (χ4n) is 1.84. The number of carbonyl (C=O) groups is 1. The summed E-state index contributed by atoms with van der Waals surface area (Å²) < 4.78 is 5.39. The van der Waals surface area contributed by atoms with Gasteiger partial charge in [-0.05, 0) is 26.2 Å². The number of ether oxygens (including phenoxy) is 1. The van der Waals surface area contributed by atoms with Crippen LogP contribution in [-0.2, 0) is 9.53 Å². The maximum atomic E-state index is 12.0. The predicted octanol–water partition coefficient (Wildman–Crippen LogP) is 0.115. The van der Waals surface area contributed by atoms with E-state index >= 15 is 0 Å². The van der Waals surface area contributed by atoms with Crippen LogP contribution in [0.15, 0.2) is 0 Å². The molecule has 1 unspecified atom stereocenters. The lowest BCUT2D eigenvalue weighted by Crippen LogP contribution is -2.50. The third kappa shape index (κ3) is 1.77. The highest BCUT2D eigenvalue weighted by Crippen LogP contribution is 2.34. The van der Waals surface area contributed by atoms with Crippen LogP contribution in [0.1, 0.15) is 26.2 Å². The van der Waals surface area contributed by atoms with Crippen LogP contribution >= 0.6 is 0 Å². The zero-order valence-electron chi connectivity index (χ0n) is 8.66. The minimum Gasteiger partial charge on any atom is -0.379 e. The second-order valence-corrected chi connectivity index (χ2v) is 4.43. The largest absolute Gasteiger partial charge is 0.379 e. The maximum absolute atomic E-state index is 12.0. The number of nitrogens with two attached hydrogens (primary N) is 1. The van der Waals surface area contributed by atoms with Crippen molar-refractivity contribution in [1.82, 2.24) is 4.90 Å². The molecule has 0 aromatic carbocycles. The number of amides is 1. The first-order valence-corrected chi connectivity index (χ1v) is 5.31. The summed E-state index contributed by atoms with van der Waals surface area (Å²) >= 11 is 0. The molecule has 0 aromatic rings. The van der Waals surface area contributed by atoms with E-state index < -0.39 is 5.54 Å². The minimum atomic E-state index is -0.529. The van der Waals surface area contributed by atoms with Gasteiger partial charge in [-0.1, -0.05) is 0 Å². The fraction of sp³-hybridized carbons (Fsp3) is 0.900. The first kappa shape index (κ1) is 9.93. The second-order valence-electron chi connectivity index (χ2n) is 4.43. The molecular weight excluding hydrogens is 180 g/mol. The Balaban J connectivity index is 2.03. The first-order chi connectivity index (χ1) is 6.63. The molecular formula is C10H18N2O2. The molecule has 1 aliphatic heterocycles. The van der Waals surface area contributed by atoms with Crippen LogP contribution in [-0.4, -0.2) is 42.1 Å². The third-order valence-electron chi connectivity index (χ3n) is 3.05. The minimum absolute atomic E-state index is 0.121. The van der Waals surface area contributed by atoms with Gasteiger partial charge in [-0.15, -0.1) is 0 Å². The van der Waals surface area contributed by atoms with E-state index in [4.69, 9.17) is 10.5 Å². The molecule has 4 nitrogen and oxygen atoms in total. The fourth-order valence-corrected chi connectivity index (χ4v) is 1.84. The predicted molar refractivity (Wildman–Crippen MR) is 52.8 cm³/mol. The van der Waals surface area contributed by atoms with E-state index in [0.717, 1.165) is 32.4 Å². The summed E-state index contributed by atoms with van der Waals surface area (Å²) in [6.45, 7) is 4.21. The molecule has 2 aliphatic rings. The Morgan fingerprint density at radius 1 is 1.57 bits per heavy atom. The lowest BCUT2D eigenvalue weighted by atomic mass is 10.2. The highest BCUT2D eigenvalue weighted by Gasteiger charge is 2.48. The zero-order valence-corrected chi connectivity index (χ0v) is 8.66. The molecule has 1 saturated heterocycles. The summed E-state index contributed by atoms with van der Waals surface area (Å²) in [5, 5.41) is 0. The van der Waals surface area contributed by atoms with Crippen molar-refractivity contribution in [3.05, 3.63) is 0 Å². The van der Waals surface area contributed by atoms with Crippen molar-refractivity contribution >= 4 is 5.91 Å². The smallest absolute Gasteiger partial charge is 0.242 e. The topological polar surface area (TPSA) is 55.6 Å². The molecule has 0 spiro atoms. The zero-order chi connectivity index (χ0) is 10.2. The van der Waals surface area contributed by atoms with E-state index in [2.05, 4.69) is 0 Å². The molecule has 14 heavy (non-hydrogen) atoms. The highest BCUT2D eigenvalue weighted by molar-refractivity contribution is 5.89. The van der Waals surface area contributed by atoms with E-state index in [1.807, 2.05) is 11.8 Å². The molecule has 80 valence electrons. The lowest BCUT2D eigenvalue weighted by Gasteiger charge is -2.29. The van der Waals surface area contributed by atoms with E-state index in [0.29, 0.717) is 6.61 Å². The van der Waals surface area contributed by atoms with Gasteiger partial charge < -0.3 is 15.4 Å². The van der Waals surface area contributed by atoms with Gasteiger partial charge in [-0.25, -0.2) is 0 Å². The Labute approximate surface area is 84.4 Å². The van der Waals surface area contributed by atoms with Gasteiger partial charge in [-0.3, -0.25) is 4.79 Å². The van der Waals surface area contributed by atoms with Crippen molar-refractivity contribution < 1.29 is 9.53 Å². The quantitative estimate of drug-likeness (QED) is 0.651. The van der Waals surface area contributed by atoms with Crippen LogP contribution in [0, 0.1) is 0 Å². The summed E-state index contributed by atoms with van der Waals surface area (Å²) in [6, 6.07) is 0.172. The Morgan fingerprint density at radius 2 is 2.29 bits per heavy atom. The molecule has 2 fully saturated rings. The molecule has 1 heterocycles. The van der Waals surface area contributed by atoms with Gasteiger partial charge in [0.05, 0.1) is 18.2 Å². The van der Waals surface area contributed by atoms with Gasteiger partial charge >= 0.3 is 0 Å². The van der Waals surface area contributed by atoms with Crippen LogP contribution in [0.5, 0.6) is 0 Å². The Bertz CT molecular complexity index is 238. The number of rotatable bonds is 1. The number of carbonyl (C=O) groups excluding carboxylic acids is 1. The van der Waals surface area contributed by atoms with Crippen LogP contribution in [0.3, 0.4) is 0 Å². The normalized spacial score (nSPS) is 31.0. The lowest BCUT2D eigenvalue weighted by molar-refractivity contribution is -0.135. The van der Waals surface area contributed by atoms with Crippen molar-refractivity contribution in [3.8, 4) is 0 Å². The average molecular weight is 198 g/mol. The monoisotopic (exact) mass is 198 g/mol. The number of hydrogen-bond donors (Lipinski definition) is 1. The van der Waals surface area contributed by atoms with E-state index in [1.54, 1.807) is 0 Å². The van der Waals surface area contributed by atoms with Gasteiger partial charge in [0.1, 0.15) is 0 Å². The van der Waals surface area contributed by atoms with Crippen molar-refractivity contribution in [2.75, 3.05) is 19.8 Å². The number of hydrogen-bond acceptors (Lipinski definition) is 3. The van der Waals surface area contributed by atoms with Crippen LogP contribution < -0.4 is 5.73 Å². The Morgan fingerprint density at radius 3 is 2.93 bits per heavy atom. The molecule has 1 atom stereocenters. The van der Waals surface area contributed by atoms with Gasteiger partial charge in [0.2, 0.25) is 5.91 Å². The SMILES string of the molecule is CC1COCCCN1C(=O)C1(N)CC1. The molecule has 0 bridgehead atoms. The maximum Gasteiger partial charge on any atom is 0.242 e. The Hall–Kier alpha value is -0.610. The van der Waals surface area contributed by atoms with Gasteiger partial charge in [0, 0.05) is 13.2 Å². The van der Waals surface area contributed by atoms with Crippen molar-refractivity contribution in [2.45, 2.75) is 37.8 Å².